The van der Waals surface area contributed by atoms with E-state index in [2.05, 4.69) is 66.7 Å². The van der Waals surface area contributed by atoms with Crippen molar-refractivity contribution in [2.45, 2.75) is 0 Å². The third kappa shape index (κ3) is 1.80. The molecule has 1 aromatic heterocycles. The summed E-state index contributed by atoms with van der Waals surface area (Å²) >= 11 is 0.437. The molecule has 1 heterocycles. The normalized spacial score (nSPS) is 10.5. The summed E-state index contributed by atoms with van der Waals surface area (Å²) in [6, 6.07) is 23.8. The topological polar surface area (TPSA) is 0 Å². The van der Waals surface area contributed by atoms with Crippen LogP contribution in [0.3, 0.4) is 0 Å². The van der Waals surface area contributed by atoms with Crippen molar-refractivity contribution in [3.05, 3.63) is 66.7 Å². The molecule has 0 aliphatic carbocycles. The van der Waals surface area contributed by atoms with Crippen molar-refractivity contribution < 1.29 is 0 Å². The molecular weight excluding hydrogens is 259 g/mol. The molecule has 0 atom stereocenters. The van der Waals surface area contributed by atoms with Crippen LogP contribution >= 0.6 is 0 Å². The monoisotopic (exact) mass is 271 g/mol. The number of hydrogen-bond acceptors (Lipinski definition) is 0. The Morgan fingerprint density at radius 3 is 2.25 bits per heavy atom. The maximum absolute atomic E-state index is 2.26. The summed E-state index contributed by atoms with van der Waals surface area (Å²) in [5.74, 6) is 0. The molecule has 0 saturated carbocycles. The van der Waals surface area contributed by atoms with Crippen LogP contribution in [0.1, 0.15) is 0 Å². The van der Waals surface area contributed by atoms with Gasteiger partial charge in [-0.05, 0) is 0 Å². The van der Waals surface area contributed by atoms with E-state index in [4.69, 9.17) is 0 Å². The molecule has 0 fully saturated rings. The van der Waals surface area contributed by atoms with Gasteiger partial charge in [0.25, 0.3) is 0 Å². The van der Waals surface area contributed by atoms with Crippen molar-refractivity contribution in [1.82, 2.24) is 0 Å². The second-order valence-electron chi connectivity index (χ2n) is 3.70. The van der Waals surface area contributed by atoms with Crippen molar-refractivity contribution in [2.75, 3.05) is 0 Å². The average Bonchev–Trinajstić information content (AvgIpc) is 2.39. The summed E-state index contributed by atoms with van der Waals surface area (Å²) in [7, 11) is 0. The molecule has 76 valence electrons. The molecule has 0 aliphatic rings. The van der Waals surface area contributed by atoms with Gasteiger partial charge in [-0.25, -0.2) is 0 Å². The standard InChI is InChI=1S/C15H11Se/c1-2-6-12(7-3-1)15-11-10-13-8-4-5-9-14(13)16-15/h1-11H/q+1. The van der Waals surface area contributed by atoms with E-state index in [1.54, 1.807) is 0 Å². The van der Waals surface area contributed by atoms with Crippen LogP contribution in [-0.4, -0.2) is 14.5 Å². The van der Waals surface area contributed by atoms with Crippen molar-refractivity contribution in [3.8, 4) is 10.0 Å². The van der Waals surface area contributed by atoms with E-state index < -0.39 is 0 Å². The van der Waals surface area contributed by atoms with Crippen LogP contribution in [0.25, 0.3) is 19.6 Å². The van der Waals surface area contributed by atoms with E-state index in [9.17, 15) is 0 Å². The zero-order valence-electron chi connectivity index (χ0n) is 8.76. The number of hydrogen-bond donors (Lipinski definition) is 0. The van der Waals surface area contributed by atoms with E-state index in [1.807, 2.05) is 0 Å². The zero-order chi connectivity index (χ0) is 10.8. The van der Waals surface area contributed by atoms with E-state index in [1.165, 1.54) is 19.6 Å². The van der Waals surface area contributed by atoms with Crippen LogP contribution in [0.15, 0.2) is 66.7 Å². The molecule has 0 saturated heterocycles. The minimum absolute atomic E-state index is 0.437. The van der Waals surface area contributed by atoms with E-state index in [0.29, 0.717) is 14.5 Å². The molecule has 1 heteroatoms. The average molecular weight is 270 g/mol. The summed E-state index contributed by atoms with van der Waals surface area (Å²) in [5, 5.41) is 1.38. The summed E-state index contributed by atoms with van der Waals surface area (Å²) in [6.45, 7) is 0. The molecule has 0 nitrogen and oxygen atoms in total. The SMILES string of the molecule is c1ccc(-c2ccc3ccccc3[se+]2)cc1. The van der Waals surface area contributed by atoms with Gasteiger partial charge in [0.15, 0.2) is 0 Å². The van der Waals surface area contributed by atoms with Crippen LogP contribution in [0.4, 0.5) is 0 Å². The predicted molar refractivity (Wildman–Crippen MR) is 70.7 cm³/mol. The Kier molecular flexibility index (Phi) is 2.57. The van der Waals surface area contributed by atoms with Crippen LogP contribution in [0, 0.1) is 0 Å². The fraction of sp³-hybridized carbons (Fsp3) is 0. The Labute approximate surface area is 101 Å². The predicted octanol–water partition coefficient (Wildman–Crippen LogP) is 3.84. The first-order valence-corrected chi connectivity index (χ1v) is 7.02. The fourth-order valence-electron chi connectivity index (χ4n) is 1.79. The maximum atomic E-state index is 2.26. The second kappa shape index (κ2) is 4.21. The quantitative estimate of drug-likeness (QED) is 0.589. The Balaban J connectivity index is 2.19. The first-order chi connectivity index (χ1) is 7.93. The second-order valence-corrected chi connectivity index (χ2v) is 5.98. The van der Waals surface area contributed by atoms with Gasteiger partial charge in [0.1, 0.15) is 0 Å². The Morgan fingerprint density at radius 2 is 1.38 bits per heavy atom. The van der Waals surface area contributed by atoms with Crippen LogP contribution in [-0.2, 0) is 0 Å². The van der Waals surface area contributed by atoms with Gasteiger partial charge in [-0.3, -0.25) is 0 Å². The van der Waals surface area contributed by atoms with Gasteiger partial charge in [0.05, 0.1) is 0 Å². The van der Waals surface area contributed by atoms with E-state index in [0.717, 1.165) is 0 Å². The van der Waals surface area contributed by atoms with Gasteiger partial charge in [-0.1, -0.05) is 0 Å². The number of benzene rings is 2. The van der Waals surface area contributed by atoms with Gasteiger partial charge in [-0.15, -0.1) is 0 Å². The Morgan fingerprint density at radius 1 is 0.625 bits per heavy atom. The Hall–Kier alpha value is -1.43. The van der Waals surface area contributed by atoms with E-state index in [-0.39, 0.29) is 0 Å². The fourth-order valence-corrected chi connectivity index (χ4v) is 3.94. The van der Waals surface area contributed by atoms with Gasteiger partial charge >= 0.3 is 101 Å². The number of fused-ring (bicyclic) bond motifs is 1. The van der Waals surface area contributed by atoms with E-state index >= 15 is 0 Å². The van der Waals surface area contributed by atoms with Crippen molar-refractivity contribution in [2.24, 2.45) is 0 Å². The minimum atomic E-state index is 0.437. The third-order valence-corrected chi connectivity index (χ3v) is 5.09. The first kappa shape index (κ1) is 9.77. The summed E-state index contributed by atoms with van der Waals surface area (Å²) in [6.07, 6.45) is 0. The molecule has 0 radical (unpaired) electrons. The van der Waals surface area contributed by atoms with Crippen molar-refractivity contribution >= 4 is 24.1 Å². The molecule has 2 aromatic carbocycles. The summed E-state index contributed by atoms with van der Waals surface area (Å²) in [4.78, 5) is 0. The van der Waals surface area contributed by atoms with Crippen LogP contribution in [0.5, 0.6) is 0 Å². The molecule has 0 aliphatic heterocycles. The van der Waals surface area contributed by atoms with Gasteiger partial charge in [0.2, 0.25) is 0 Å². The van der Waals surface area contributed by atoms with Crippen molar-refractivity contribution in [3.63, 3.8) is 0 Å². The van der Waals surface area contributed by atoms with Gasteiger partial charge in [0, 0.05) is 0 Å². The molecule has 3 rings (SSSR count). The molecule has 0 N–H and O–H groups in total. The van der Waals surface area contributed by atoms with Gasteiger partial charge < -0.3 is 0 Å². The Bertz CT molecular complexity index is 614. The molecule has 0 unspecified atom stereocenters. The van der Waals surface area contributed by atoms with Crippen LogP contribution in [0.2, 0.25) is 0 Å². The van der Waals surface area contributed by atoms with Crippen LogP contribution < -0.4 is 0 Å². The first-order valence-electron chi connectivity index (χ1n) is 5.31. The summed E-state index contributed by atoms with van der Waals surface area (Å²) < 4.78 is 2.95. The summed E-state index contributed by atoms with van der Waals surface area (Å²) in [5.41, 5.74) is 1.35. The molecule has 3 aromatic rings. The van der Waals surface area contributed by atoms with Crippen molar-refractivity contribution in [1.29, 1.82) is 0 Å². The number of rotatable bonds is 1. The molecule has 0 bridgehead atoms. The molecule has 0 amide bonds. The molecular formula is C15H11Se+. The molecule has 16 heavy (non-hydrogen) atoms. The third-order valence-electron chi connectivity index (χ3n) is 2.61. The van der Waals surface area contributed by atoms with Gasteiger partial charge in [-0.2, -0.15) is 0 Å². The zero-order valence-corrected chi connectivity index (χ0v) is 10.5. The molecule has 0 spiro atoms.